The summed E-state index contributed by atoms with van der Waals surface area (Å²) in [6.07, 6.45) is 1.56. The van der Waals surface area contributed by atoms with Gasteiger partial charge < -0.3 is 25.7 Å². The van der Waals surface area contributed by atoms with Crippen LogP contribution in [0.3, 0.4) is 0 Å². The van der Waals surface area contributed by atoms with Crippen molar-refractivity contribution in [3.05, 3.63) is 29.5 Å². The first-order valence-electron chi connectivity index (χ1n) is 8.51. The molecule has 4 N–H and O–H groups in total. The number of hydrogen-bond donors (Lipinski definition) is 2. The molecule has 0 aliphatic carbocycles. The van der Waals surface area contributed by atoms with Gasteiger partial charge in [-0.05, 0) is 31.5 Å². The molecule has 1 aromatic carbocycles. The van der Waals surface area contributed by atoms with Crippen molar-refractivity contribution < 1.29 is 19.0 Å². The summed E-state index contributed by atoms with van der Waals surface area (Å²) in [6, 6.07) is 3.63. The SMILES string of the molecule is CCOC(=O)N(CC)c1c(OC)cc(Cc2cnc(N)nc2N)cc1OC. The summed E-state index contributed by atoms with van der Waals surface area (Å²) >= 11 is 0. The largest absolute Gasteiger partial charge is 0.494 e. The molecule has 0 saturated heterocycles. The number of anilines is 3. The lowest BCUT2D eigenvalue weighted by molar-refractivity contribution is 0.159. The number of ether oxygens (including phenoxy) is 3. The third kappa shape index (κ3) is 4.49. The van der Waals surface area contributed by atoms with Gasteiger partial charge in [-0.1, -0.05) is 0 Å². The number of hydrogen-bond acceptors (Lipinski definition) is 8. The molecule has 0 fully saturated rings. The van der Waals surface area contributed by atoms with Gasteiger partial charge in [0.25, 0.3) is 0 Å². The summed E-state index contributed by atoms with van der Waals surface area (Å²) in [5.41, 5.74) is 13.5. The highest BCUT2D eigenvalue weighted by molar-refractivity contribution is 5.92. The third-order valence-electron chi connectivity index (χ3n) is 3.93. The van der Waals surface area contributed by atoms with Crippen LogP contribution in [0, 0.1) is 0 Å². The maximum Gasteiger partial charge on any atom is 0.414 e. The molecule has 1 amide bonds. The molecule has 0 aliphatic heterocycles. The number of aromatic nitrogens is 2. The molecule has 0 atom stereocenters. The van der Waals surface area contributed by atoms with Gasteiger partial charge in [-0.2, -0.15) is 4.98 Å². The molecule has 0 unspecified atom stereocenters. The minimum absolute atomic E-state index is 0.120. The molecule has 9 heteroatoms. The zero-order chi connectivity index (χ0) is 20.0. The van der Waals surface area contributed by atoms with Crippen LogP contribution in [0.1, 0.15) is 25.0 Å². The summed E-state index contributed by atoms with van der Waals surface area (Å²) in [6.45, 7) is 4.26. The van der Waals surface area contributed by atoms with Crippen LogP contribution in [0.5, 0.6) is 11.5 Å². The van der Waals surface area contributed by atoms with Gasteiger partial charge in [-0.3, -0.25) is 4.90 Å². The molecule has 27 heavy (non-hydrogen) atoms. The van der Waals surface area contributed by atoms with E-state index in [9.17, 15) is 4.79 Å². The highest BCUT2D eigenvalue weighted by atomic mass is 16.6. The number of benzene rings is 1. The highest BCUT2D eigenvalue weighted by Crippen LogP contribution is 2.40. The molecule has 2 rings (SSSR count). The Balaban J connectivity index is 2.47. The summed E-state index contributed by atoms with van der Waals surface area (Å²) in [5, 5.41) is 0. The zero-order valence-corrected chi connectivity index (χ0v) is 16.0. The number of rotatable bonds is 7. The van der Waals surface area contributed by atoms with E-state index >= 15 is 0 Å². The average Bonchev–Trinajstić information content (AvgIpc) is 2.65. The lowest BCUT2D eigenvalue weighted by Crippen LogP contribution is -2.32. The van der Waals surface area contributed by atoms with Gasteiger partial charge >= 0.3 is 6.09 Å². The molecule has 0 saturated carbocycles. The normalized spacial score (nSPS) is 10.4. The molecule has 1 aromatic heterocycles. The van der Waals surface area contributed by atoms with Crippen molar-refractivity contribution in [2.24, 2.45) is 0 Å². The Morgan fingerprint density at radius 1 is 1.15 bits per heavy atom. The van der Waals surface area contributed by atoms with Crippen LogP contribution in [0.15, 0.2) is 18.3 Å². The Morgan fingerprint density at radius 2 is 1.78 bits per heavy atom. The van der Waals surface area contributed by atoms with Crippen molar-refractivity contribution in [1.82, 2.24) is 9.97 Å². The van der Waals surface area contributed by atoms with Gasteiger partial charge in [0, 0.05) is 24.7 Å². The van der Waals surface area contributed by atoms with Gasteiger partial charge in [0.15, 0.2) is 0 Å². The van der Waals surface area contributed by atoms with E-state index in [4.69, 9.17) is 25.7 Å². The Labute approximate surface area is 158 Å². The van der Waals surface area contributed by atoms with Crippen molar-refractivity contribution in [1.29, 1.82) is 0 Å². The zero-order valence-electron chi connectivity index (χ0n) is 16.0. The molecule has 0 spiro atoms. The Bertz CT molecular complexity index is 787. The number of nitrogens with zero attached hydrogens (tertiary/aromatic N) is 3. The standard InChI is InChI=1S/C18H25N5O4/c1-5-23(18(24)27-6-2)15-13(25-3)8-11(9-14(15)26-4)7-12-10-21-17(20)22-16(12)19/h8-10H,5-7H2,1-4H3,(H4,19,20,21,22). The first kappa shape index (κ1) is 20.1. The van der Waals surface area contributed by atoms with Gasteiger partial charge in [-0.15, -0.1) is 0 Å². The minimum Gasteiger partial charge on any atom is -0.494 e. The van der Waals surface area contributed by atoms with Gasteiger partial charge in [0.2, 0.25) is 5.95 Å². The third-order valence-corrected chi connectivity index (χ3v) is 3.93. The van der Waals surface area contributed by atoms with Crippen LogP contribution < -0.4 is 25.8 Å². The van der Waals surface area contributed by atoms with E-state index in [1.54, 1.807) is 13.1 Å². The molecule has 0 radical (unpaired) electrons. The van der Waals surface area contributed by atoms with Crippen molar-refractivity contribution in [3.8, 4) is 11.5 Å². The first-order chi connectivity index (χ1) is 12.9. The van der Waals surface area contributed by atoms with E-state index in [2.05, 4.69) is 9.97 Å². The second-order valence-electron chi connectivity index (χ2n) is 5.61. The molecular weight excluding hydrogens is 350 g/mol. The highest BCUT2D eigenvalue weighted by Gasteiger charge is 2.24. The van der Waals surface area contributed by atoms with E-state index in [1.807, 2.05) is 19.1 Å². The van der Waals surface area contributed by atoms with E-state index < -0.39 is 6.09 Å². The summed E-state index contributed by atoms with van der Waals surface area (Å²) < 4.78 is 16.2. The van der Waals surface area contributed by atoms with Crippen LogP contribution >= 0.6 is 0 Å². The second-order valence-corrected chi connectivity index (χ2v) is 5.61. The number of nitrogens with two attached hydrogens (primary N) is 2. The Kier molecular flexibility index (Phi) is 6.64. The monoisotopic (exact) mass is 375 g/mol. The number of methoxy groups -OCH3 is 2. The van der Waals surface area contributed by atoms with Crippen LogP contribution in [0.25, 0.3) is 0 Å². The van der Waals surface area contributed by atoms with E-state index in [1.165, 1.54) is 19.1 Å². The fraction of sp³-hybridized carbons (Fsp3) is 0.389. The second kappa shape index (κ2) is 8.93. The van der Waals surface area contributed by atoms with E-state index in [0.29, 0.717) is 36.0 Å². The number of nitrogen functional groups attached to an aromatic ring is 2. The Morgan fingerprint density at radius 3 is 2.26 bits per heavy atom. The molecule has 0 bridgehead atoms. The number of amides is 1. The molecule has 0 aliphatic rings. The maximum atomic E-state index is 12.3. The quantitative estimate of drug-likeness (QED) is 0.754. The predicted octanol–water partition coefficient (Wildman–Crippen LogP) is 2.23. The molecule has 1 heterocycles. The first-order valence-corrected chi connectivity index (χ1v) is 8.51. The lowest BCUT2D eigenvalue weighted by atomic mass is 10.0. The van der Waals surface area contributed by atoms with Crippen molar-refractivity contribution >= 4 is 23.5 Å². The van der Waals surface area contributed by atoms with Gasteiger partial charge in [0.05, 0.1) is 20.8 Å². The Hall–Kier alpha value is -3.23. The predicted molar refractivity (Wildman–Crippen MR) is 103 cm³/mol. The van der Waals surface area contributed by atoms with Crippen LogP contribution in [0.4, 0.5) is 22.2 Å². The van der Waals surface area contributed by atoms with Gasteiger partial charge in [0.1, 0.15) is 23.0 Å². The van der Waals surface area contributed by atoms with Crippen molar-refractivity contribution in [2.45, 2.75) is 20.3 Å². The van der Waals surface area contributed by atoms with Crippen LogP contribution in [-0.4, -0.2) is 43.4 Å². The summed E-state index contributed by atoms with van der Waals surface area (Å²) in [4.78, 5) is 21.7. The maximum absolute atomic E-state index is 12.3. The molecule has 9 nitrogen and oxygen atoms in total. The van der Waals surface area contributed by atoms with Crippen molar-refractivity contribution in [2.75, 3.05) is 43.7 Å². The van der Waals surface area contributed by atoms with Crippen LogP contribution in [-0.2, 0) is 11.2 Å². The van der Waals surface area contributed by atoms with E-state index in [-0.39, 0.29) is 12.6 Å². The van der Waals surface area contributed by atoms with Gasteiger partial charge in [-0.25, -0.2) is 9.78 Å². The smallest absolute Gasteiger partial charge is 0.414 e. The summed E-state index contributed by atoms with van der Waals surface area (Å²) in [5.74, 6) is 1.39. The number of carbonyl (C=O) groups is 1. The summed E-state index contributed by atoms with van der Waals surface area (Å²) in [7, 11) is 3.06. The molecular formula is C18H25N5O4. The fourth-order valence-electron chi connectivity index (χ4n) is 2.69. The topological polar surface area (TPSA) is 126 Å². The van der Waals surface area contributed by atoms with E-state index in [0.717, 1.165) is 11.1 Å². The lowest BCUT2D eigenvalue weighted by Gasteiger charge is -2.25. The van der Waals surface area contributed by atoms with Crippen LogP contribution in [0.2, 0.25) is 0 Å². The fourth-order valence-corrected chi connectivity index (χ4v) is 2.69. The number of carbonyl (C=O) groups excluding carboxylic acids is 1. The molecule has 2 aromatic rings. The minimum atomic E-state index is -0.472. The molecule has 146 valence electrons. The average molecular weight is 375 g/mol. The van der Waals surface area contributed by atoms with Crippen molar-refractivity contribution in [3.63, 3.8) is 0 Å².